The summed E-state index contributed by atoms with van der Waals surface area (Å²) in [6.45, 7) is 5.87. The van der Waals surface area contributed by atoms with E-state index in [4.69, 9.17) is 0 Å². The third kappa shape index (κ3) is 4.37. The monoisotopic (exact) mass is 473 g/mol. The fourth-order valence-corrected chi connectivity index (χ4v) is 6.15. The molecule has 1 amide bonds. The zero-order valence-corrected chi connectivity index (χ0v) is 19.8. The van der Waals surface area contributed by atoms with E-state index in [1.165, 1.54) is 21.7 Å². The van der Waals surface area contributed by atoms with Gasteiger partial charge in [-0.15, -0.1) is 11.3 Å². The molecule has 1 saturated heterocycles. The summed E-state index contributed by atoms with van der Waals surface area (Å²) in [6.07, 6.45) is 3.20. The number of carbonyl (C=O) groups excluding carboxylic acids is 1. The molecule has 1 fully saturated rings. The van der Waals surface area contributed by atoms with Crippen LogP contribution in [0.1, 0.15) is 41.9 Å². The molecule has 1 aliphatic rings. The molecule has 0 saturated carbocycles. The summed E-state index contributed by atoms with van der Waals surface area (Å²) in [7, 11) is -3.70. The maximum atomic E-state index is 13.2. The molecule has 3 heterocycles. The highest BCUT2D eigenvalue weighted by molar-refractivity contribution is 7.89. The highest BCUT2D eigenvalue weighted by Gasteiger charge is 2.28. The molecule has 0 unspecified atom stereocenters. The van der Waals surface area contributed by atoms with Crippen LogP contribution in [0.3, 0.4) is 0 Å². The minimum absolute atomic E-state index is 0.0113. The molecule has 7 nitrogen and oxygen atoms in total. The largest absolute Gasteiger partial charge is 0.347 e. The van der Waals surface area contributed by atoms with Gasteiger partial charge in [-0.1, -0.05) is 13.0 Å². The second-order valence-corrected chi connectivity index (χ2v) is 11.2. The number of pyridine rings is 1. The molecular weight excluding hydrogens is 446 g/mol. The van der Waals surface area contributed by atoms with Crippen molar-refractivity contribution in [3.05, 3.63) is 62.6 Å². The van der Waals surface area contributed by atoms with Crippen molar-refractivity contribution in [3.8, 4) is 0 Å². The molecule has 0 aliphatic carbocycles. The number of hydrogen-bond acceptors (Lipinski definition) is 5. The van der Waals surface area contributed by atoms with Crippen molar-refractivity contribution in [1.82, 2.24) is 14.2 Å². The standard InChI is InChI=1S/C23H27N3O4S2/c1-3-25-15-20(23(28)24-14-17-5-4-12-31-17)22(27)19-13-18(6-7-21(19)25)32(29,30)26-10-8-16(2)9-11-26/h4-7,12-13,15-16H,3,8-11,14H2,1-2H3,(H,24,28). The maximum absolute atomic E-state index is 13.2. The van der Waals surface area contributed by atoms with Crippen LogP contribution in [0.15, 0.2) is 51.6 Å². The number of carbonyl (C=O) groups is 1. The van der Waals surface area contributed by atoms with Gasteiger partial charge in [0.2, 0.25) is 15.5 Å². The number of thiophene rings is 1. The zero-order chi connectivity index (χ0) is 22.9. The van der Waals surface area contributed by atoms with E-state index in [0.29, 0.717) is 37.6 Å². The van der Waals surface area contributed by atoms with Gasteiger partial charge in [-0.25, -0.2) is 8.42 Å². The lowest BCUT2D eigenvalue weighted by Crippen LogP contribution is -2.38. The van der Waals surface area contributed by atoms with Gasteiger partial charge >= 0.3 is 0 Å². The smallest absolute Gasteiger partial charge is 0.257 e. The Bertz CT molecular complexity index is 1290. The molecule has 32 heavy (non-hydrogen) atoms. The van der Waals surface area contributed by atoms with Gasteiger partial charge in [0.25, 0.3) is 5.91 Å². The number of nitrogens with one attached hydrogen (secondary N) is 1. The van der Waals surface area contributed by atoms with Crippen LogP contribution in [0.5, 0.6) is 0 Å². The Morgan fingerprint density at radius 1 is 1.22 bits per heavy atom. The lowest BCUT2D eigenvalue weighted by Gasteiger charge is -2.29. The van der Waals surface area contributed by atoms with E-state index in [2.05, 4.69) is 12.2 Å². The molecule has 0 spiro atoms. The van der Waals surface area contributed by atoms with Gasteiger partial charge in [-0.05, 0) is 55.3 Å². The second kappa shape index (κ2) is 9.17. The quantitative estimate of drug-likeness (QED) is 0.594. The average Bonchev–Trinajstić information content (AvgIpc) is 3.31. The second-order valence-electron chi connectivity index (χ2n) is 8.19. The van der Waals surface area contributed by atoms with Crippen LogP contribution < -0.4 is 10.7 Å². The van der Waals surface area contributed by atoms with E-state index in [9.17, 15) is 18.0 Å². The lowest BCUT2D eigenvalue weighted by molar-refractivity contribution is 0.0949. The van der Waals surface area contributed by atoms with Crippen LogP contribution in [-0.2, 0) is 23.1 Å². The first-order valence-electron chi connectivity index (χ1n) is 10.8. The fourth-order valence-electron chi connectivity index (χ4n) is 4.01. The Balaban J connectivity index is 1.72. The first-order chi connectivity index (χ1) is 15.3. The number of rotatable bonds is 6. The van der Waals surface area contributed by atoms with Crippen LogP contribution >= 0.6 is 11.3 Å². The molecule has 0 radical (unpaired) electrons. The zero-order valence-electron chi connectivity index (χ0n) is 18.2. The van der Waals surface area contributed by atoms with Gasteiger partial charge < -0.3 is 9.88 Å². The number of aryl methyl sites for hydroxylation is 1. The normalized spacial score (nSPS) is 15.8. The molecule has 170 valence electrons. The number of benzene rings is 1. The maximum Gasteiger partial charge on any atom is 0.257 e. The van der Waals surface area contributed by atoms with Crippen molar-refractivity contribution in [2.45, 2.75) is 44.7 Å². The summed E-state index contributed by atoms with van der Waals surface area (Å²) in [5, 5.41) is 4.95. The lowest BCUT2D eigenvalue weighted by atomic mass is 10.0. The van der Waals surface area contributed by atoms with Gasteiger partial charge in [0.05, 0.1) is 17.0 Å². The first-order valence-corrected chi connectivity index (χ1v) is 13.1. The van der Waals surface area contributed by atoms with Crippen LogP contribution in [0, 0.1) is 5.92 Å². The molecule has 0 atom stereocenters. The Morgan fingerprint density at radius 3 is 2.62 bits per heavy atom. The summed E-state index contributed by atoms with van der Waals surface area (Å²) in [5.74, 6) is 0.0378. The van der Waals surface area contributed by atoms with Crippen molar-refractivity contribution in [1.29, 1.82) is 0 Å². The van der Waals surface area contributed by atoms with E-state index >= 15 is 0 Å². The van der Waals surface area contributed by atoms with Crippen LogP contribution in [0.2, 0.25) is 0 Å². The molecule has 2 aromatic heterocycles. The van der Waals surface area contributed by atoms with Crippen molar-refractivity contribution < 1.29 is 13.2 Å². The molecule has 1 aliphatic heterocycles. The van der Waals surface area contributed by atoms with Gasteiger partial charge in [-0.2, -0.15) is 4.31 Å². The topological polar surface area (TPSA) is 88.5 Å². The highest BCUT2D eigenvalue weighted by Crippen LogP contribution is 2.25. The molecule has 0 bridgehead atoms. The Hall–Kier alpha value is -2.49. The minimum Gasteiger partial charge on any atom is -0.347 e. The van der Waals surface area contributed by atoms with Gasteiger partial charge in [-0.3, -0.25) is 9.59 Å². The number of hydrogen-bond donors (Lipinski definition) is 1. The summed E-state index contributed by atoms with van der Waals surface area (Å²) in [6, 6.07) is 8.45. The SMILES string of the molecule is CCn1cc(C(=O)NCc2cccs2)c(=O)c2cc(S(=O)(=O)N3CCC(C)CC3)ccc21. The molecular formula is C23H27N3O4S2. The van der Waals surface area contributed by atoms with Crippen LogP contribution in [-0.4, -0.2) is 36.3 Å². The number of fused-ring (bicyclic) bond motifs is 1. The number of amides is 1. The van der Waals surface area contributed by atoms with Gasteiger partial charge in [0.15, 0.2) is 0 Å². The summed E-state index contributed by atoms with van der Waals surface area (Å²) < 4.78 is 29.7. The summed E-state index contributed by atoms with van der Waals surface area (Å²) in [4.78, 5) is 27.1. The van der Waals surface area contributed by atoms with Gasteiger partial charge in [0.1, 0.15) is 5.56 Å². The van der Waals surface area contributed by atoms with Gasteiger partial charge in [0, 0.05) is 36.1 Å². The van der Waals surface area contributed by atoms with E-state index in [1.54, 1.807) is 22.9 Å². The number of nitrogens with zero attached hydrogens (tertiary/aromatic N) is 2. The Kier molecular flexibility index (Phi) is 6.50. The third-order valence-corrected chi connectivity index (χ3v) is 8.79. The van der Waals surface area contributed by atoms with Crippen LogP contribution in [0.4, 0.5) is 0 Å². The summed E-state index contributed by atoms with van der Waals surface area (Å²) in [5.41, 5.74) is 0.161. The van der Waals surface area contributed by atoms with Crippen molar-refractivity contribution in [2.75, 3.05) is 13.1 Å². The predicted molar refractivity (Wildman–Crippen MR) is 127 cm³/mol. The van der Waals surface area contributed by atoms with E-state index < -0.39 is 21.4 Å². The molecule has 9 heteroatoms. The van der Waals surface area contributed by atoms with Crippen molar-refractivity contribution in [2.24, 2.45) is 5.92 Å². The Labute approximate surface area is 191 Å². The summed E-state index contributed by atoms with van der Waals surface area (Å²) >= 11 is 1.52. The third-order valence-electron chi connectivity index (χ3n) is 6.02. The molecule has 4 rings (SSSR count). The highest BCUT2D eigenvalue weighted by atomic mass is 32.2. The van der Waals surface area contributed by atoms with E-state index in [1.807, 2.05) is 24.4 Å². The Morgan fingerprint density at radius 2 is 1.97 bits per heavy atom. The fraction of sp³-hybridized carbons (Fsp3) is 0.391. The van der Waals surface area contributed by atoms with Crippen molar-refractivity contribution in [3.63, 3.8) is 0 Å². The van der Waals surface area contributed by atoms with E-state index in [0.717, 1.165) is 17.7 Å². The first kappa shape index (κ1) is 22.7. The van der Waals surface area contributed by atoms with Crippen LogP contribution in [0.25, 0.3) is 10.9 Å². The molecule has 3 aromatic rings. The average molecular weight is 474 g/mol. The molecule has 1 N–H and O–H groups in total. The van der Waals surface area contributed by atoms with E-state index in [-0.39, 0.29) is 15.8 Å². The number of aromatic nitrogens is 1. The van der Waals surface area contributed by atoms with Crippen molar-refractivity contribution >= 4 is 38.2 Å². The predicted octanol–water partition coefficient (Wildman–Crippen LogP) is 3.43. The number of sulfonamides is 1. The number of piperidine rings is 1. The minimum atomic E-state index is -3.70. The molecule has 1 aromatic carbocycles.